The van der Waals surface area contributed by atoms with E-state index in [2.05, 4.69) is 10.6 Å². The number of carbonyl (C=O) groups is 2. The number of unbranched alkanes of at least 4 members (excludes halogenated alkanes) is 1. The number of allylic oxidation sites excluding steroid dienone is 1. The second-order valence-electron chi connectivity index (χ2n) is 5.28. The average molecular weight is 392 g/mol. The predicted octanol–water partition coefficient (Wildman–Crippen LogP) is 4.18. The number of ether oxygens (including phenoxy) is 1. The van der Waals surface area contributed by atoms with Crippen molar-refractivity contribution < 1.29 is 14.3 Å². The van der Waals surface area contributed by atoms with Gasteiger partial charge >= 0.3 is 12.0 Å². The number of urea groups is 1. The van der Waals surface area contributed by atoms with Gasteiger partial charge in [0.1, 0.15) is 0 Å². The molecule has 0 saturated carbocycles. The van der Waals surface area contributed by atoms with Crippen LogP contribution in [0.4, 0.5) is 4.79 Å². The summed E-state index contributed by atoms with van der Waals surface area (Å²) >= 11 is 17.6. The molecule has 130 valence electrons. The van der Waals surface area contributed by atoms with E-state index in [1.807, 2.05) is 0 Å². The largest absolute Gasteiger partial charge is 0.462 e. The number of esters is 1. The van der Waals surface area contributed by atoms with Crippen molar-refractivity contribution in [2.75, 3.05) is 12.5 Å². The second-order valence-corrected chi connectivity index (χ2v) is 6.47. The quantitative estimate of drug-likeness (QED) is 0.434. The van der Waals surface area contributed by atoms with E-state index in [0.717, 1.165) is 6.42 Å². The first kappa shape index (κ1) is 18.9. The summed E-state index contributed by atoms with van der Waals surface area (Å²) in [6.45, 7) is 1.92. The zero-order valence-corrected chi connectivity index (χ0v) is 15.3. The number of alkyl halides is 1. The minimum atomic E-state index is -0.658. The first-order chi connectivity index (χ1) is 11.4. The summed E-state index contributed by atoms with van der Waals surface area (Å²) in [5, 5.41) is 6.03. The van der Waals surface area contributed by atoms with E-state index in [4.69, 9.17) is 39.5 Å². The topological polar surface area (TPSA) is 67.4 Å². The monoisotopic (exact) mass is 390 g/mol. The second kappa shape index (κ2) is 8.60. The number of nitrogens with one attached hydrogen (secondary N) is 2. The van der Waals surface area contributed by atoms with Gasteiger partial charge in [-0.3, -0.25) is 0 Å². The molecule has 0 spiro atoms. The van der Waals surface area contributed by atoms with E-state index < -0.39 is 18.0 Å². The number of hydrogen-bond donors (Lipinski definition) is 2. The Bertz CT molecular complexity index is 677. The van der Waals surface area contributed by atoms with Crippen LogP contribution < -0.4 is 10.6 Å². The number of benzene rings is 1. The smallest absolute Gasteiger partial charge is 0.338 e. The lowest BCUT2D eigenvalue weighted by molar-refractivity contribution is -0.139. The Hall–Kier alpha value is -1.43. The highest BCUT2D eigenvalue weighted by Crippen LogP contribution is 2.31. The molecule has 2 amide bonds. The molecule has 0 bridgehead atoms. The summed E-state index contributed by atoms with van der Waals surface area (Å²) in [6.07, 6.45) is 1.44. The highest BCUT2D eigenvalue weighted by atomic mass is 35.5. The molecular formula is C16H17Cl3N2O3. The van der Waals surface area contributed by atoms with E-state index in [9.17, 15) is 9.59 Å². The van der Waals surface area contributed by atoms with Crippen LogP contribution in [0.25, 0.3) is 0 Å². The van der Waals surface area contributed by atoms with Gasteiger partial charge in [0, 0.05) is 11.6 Å². The summed E-state index contributed by atoms with van der Waals surface area (Å²) in [4.78, 5) is 24.2. The fourth-order valence-corrected chi connectivity index (χ4v) is 2.84. The fourth-order valence-electron chi connectivity index (χ4n) is 2.35. The molecule has 5 nitrogen and oxygen atoms in total. The van der Waals surface area contributed by atoms with Gasteiger partial charge in [0.25, 0.3) is 0 Å². The van der Waals surface area contributed by atoms with Crippen LogP contribution in [0.15, 0.2) is 29.5 Å². The van der Waals surface area contributed by atoms with Crippen LogP contribution in [0.2, 0.25) is 10.0 Å². The first-order valence-electron chi connectivity index (χ1n) is 7.40. The molecule has 8 heteroatoms. The van der Waals surface area contributed by atoms with Gasteiger partial charge in [0.15, 0.2) is 0 Å². The van der Waals surface area contributed by atoms with E-state index in [1.165, 1.54) is 0 Å². The SMILES string of the molecule is CC1=C(C(=O)OCCCCCl)[C@@H](c2ccc(Cl)c(Cl)c2)NC(=O)N1. The molecule has 1 heterocycles. The third-order valence-electron chi connectivity index (χ3n) is 3.53. The van der Waals surface area contributed by atoms with Gasteiger partial charge < -0.3 is 15.4 Å². The molecule has 0 aliphatic carbocycles. The van der Waals surface area contributed by atoms with Crippen LogP contribution in [-0.2, 0) is 9.53 Å². The Morgan fingerprint density at radius 3 is 2.67 bits per heavy atom. The molecule has 1 aliphatic heterocycles. The molecule has 2 N–H and O–H groups in total. The Balaban J connectivity index is 2.26. The van der Waals surface area contributed by atoms with Crippen molar-refractivity contribution in [3.8, 4) is 0 Å². The maximum Gasteiger partial charge on any atom is 0.338 e. The Kier molecular flexibility index (Phi) is 6.78. The van der Waals surface area contributed by atoms with Crippen LogP contribution in [0.5, 0.6) is 0 Å². The lowest BCUT2D eigenvalue weighted by Crippen LogP contribution is -2.45. The number of carbonyl (C=O) groups excluding carboxylic acids is 2. The summed E-state index contributed by atoms with van der Waals surface area (Å²) in [5.74, 6) is 0.0219. The molecule has 0 fully saturated rings. The summed E-state index contributed by atoms with van der Waals surface area (Å²) in [5.41, 5.74) is 1.42. The van der Waals surface area contributed by atoms with E-state index >= 15 is 0 Å². The van der Waals surface area contributed by atoms with E-state index in [0.29, 0.717) is 39.2 Å². The van der Waals surface area contributed by atoms with Gasteiger partial charge in [-0.05, 0) is 37.5 Å². The molecule has 0 unspecified atom stereocenters. The van der Waals surface area contributed by atoms with Crippen LogP contribution in [0.3, 0.4) is 0 Å². The van der Waals surface area contributed by atoms with Gasteiger partial charge in [-0.15, -0.1) is 11.6 Å². The minimum Gasteiger partial charge on any atom is -0.462 e. The zero-order chi connectivity index (χ0) is 17.7. The van der Waals surface area contributed by atoms with Gasteiger partial charge in [0.05, 0.1) is 28.3 Å². The highest BCUT2D eigenvalue weighted by molar-refractivity contribution is 6.42. The van der Waals surface area contributed by atoms with Gasteiger partial charge in [-0.2, -0.15) is 0 Å². The number of rotatable bonds is 6. The van der Waals surface area contributed by atoms with Crippen molar-refractivity contribution >= 4 is 46.8 Å². The molecule has 1 aliphatic rings. The summed E-state index contributed by atoms with van der Waals surface area (Å²) < 4.78 is 5.29. The molecule has 0 radical (unpaired) electrons. The van der Waals surface area contributed by atoms with Gasteiger partial charge in [0.2, 0.25) is 0 Å². The molecular weight excluding hydrogens is 375 g/mol. The Morgan fingerprint density at radius 2 is 2.00 bits per heavy atom. The van der Waals surface area contributed by atoms with Crippen LogP contribution in [-0.4, -0.2) is 24.5 Å². The van der Waals surface area contributed by atoms with Crippen molar-refractivity contribution in [1.29, 1.82) is 0 Å². The number of amides is 2. The highest BCUT2D eigenvalue weighted by Gasteiger charge is 2.32. The number of hydrogen-bond acceptors (Lipinski definition) is 3. The van der Waals surface area contributed by atoms with E-state index in [1.54, 1.807) is 25.1 Å². The van der Waals surface area contributed by atoms with Crippen LogP contribution in [0, 0.1) is 0 Å². The molecule has 1 atom stereocenters. The van der Waals surface area contributed by atoms with Crippen LogP contribution >= 0.6 is 34.8 Å². The van der Waals surface area contributed by atoms with Crippen molar-refractivity contribution in [2.24, 2.45) is 0 Å². The molecule has 2 rings (SSSR count). The van der Waals surface area contributed by atoms with Crippen LogP contribution in [0.1, 0.15) is 31.4 Å². The minimum absolute atomic E-state index is 0.268. The van der Waals surface area contributed by atoms with E-state index in [-0.39, 0.29) is 6.61 Å². The van der Waals surface area contributed by atoms with Crippen molar-refractivity contribution in [1.82, 2.24) is 10.6 Å². The molecule has 1 aromatic rings. The maximum atomic E-state index is 12.5. The molecule has 0 saturated heterocycles. The third kappa shape index (κ3) is 4.56. The standard InChI is InChI=1S/C16H17Cl3N2O3/c1-9-13(15(22)24-7-3-2-6-17)14(21-16(23)20-9)10-4-5-11(18)12(19)8-10/h4-5,8,14H,2-3,6-7H2,1H3,(H2,20,21,23)/t14-/m1/s1. The lowest BCUT2D eigenvalue weighted by Gasteiger charge is -2.28. The van der Waals surface area contributed by atoms with Gasteiger partial charge in [-0.25, -0.2) is 9.59 Å². The van der Waals surface area contributed by atoms with Gasteiger partial charge in [-0.1, -0.05) is 29.3 Å². The normalized spacial score (nSPS) is 17.3. The zero-order valence-electron chi connectivity index (χ0n) is 13.0. The molecule has 24 heavy (non-hydrogen) atoms. The summed E-state index contributed by atoms with van der Waals surface area (Å²) in [6, 6.07) is 3.88. The summed E-state index contributed by atoms with van der Waals surface area (Å²) in [7, 11) is 0. The maximum absolute atomic E-state index is 12.5. The number of halogens is 3. The fraction of sp³-hybridized carbons (Fsp3) is 0.375. The Labute approximate surface area is 155 Å². The molecule has 0 aromatic heterocycles. The Morgan fingerprint density at radius 1 is 1.25 bits per heavy atom. The third-order valence-corrected chi connectivity index (χ3v) is 4.53. The predicted molar refractivity (Wildman–Crippen MR) is 94.5 cm³/mol. The van der Waals surface area contributed by atoms with Crippen molar-refractivity contribution in [2.45, 2.75) is 25.8 Å². The van der Waals surface area contributed by atoms with Crippen molar-refractivity contribution in [3.05, 3.63) is 45.1 Å². The average Bonchev–Trinajstić information content (AvgIpc) is 2.53. The van der Waals surface area contributed by atoms with Crippen molar-refractivity contribution in [3.63, 3.8) is 0 Å². The lowest BCUT2D eigenvalue weighted by atomic mass is 9.95. The molecule has 1 aromatic carbocycles. The first-order valence-corrected chi connectivity index (χ1v) is 8.69.